The van der Waals surface area contributed by atoms with Crippen LogP contribution in [0.2, 0.25) is 0 Å². The van der Waals surface area contributed by atoms with Gasteiger partial charge in [-0.25, -0.2) is 4.39 Å². The van der Waals surface area contributed by atoms with Crippen LogP contribution < -0.4 is 4.74 Å². The largest absolute Gasteiger partial charge is 0.497 e. The Hall–Kier alpha value is -2.89. The minimum atomic E-state index is -0.594. The van der Waals surface area contributed by atoms with Crippen molar-refractivity contribution in [3.05, 3.63) is 65.5 Å². The average molecular weight is 359 g/mol. The van der Waals surface area contributed by atoms with Crippen LogP contribution in [0.25, 0.3) is 0 Å². The van der Waals surface area contributed by atoms with Gasteiger partial charge in [-0.2, -0.15) is 0 Å². The summed E-state index contributed by atoms with van der Waals surface area (Å²) in [5, 5.41) is 0. The molecule has 26 heavy (non-hydrogen) atoms. The lowest BCUT2D eigenvalue weighted by Crippen LogP contribution is -2.37. The second kappa shape index (κ2) is 8.99. The third-order valence-corrected chi connectivity index (χ3v) is 4.02. The number of nitrogens with zero attached hydrogens (tertiary/aromatic N) is 1. The molecule has 0 aliphatic carbocycles. The van der Waals surface area contributed by atoms with Crippen LogP contribution >= 0.6 is 0 Å². The highest BCUT2D eigenvalue weighted by atomic mass is 19.1. The fourth-order valence-corrected chi connectivity index (χ4v) is 2.58. The first-order valence-corrected chi connectivity index (χ1v) is 8.20. The van der Waals surface area contributed by atoms with Gasteiger partial charge in [0.2, 0.25) is 0 Å². The fraction of sp³-hybridized carbons (Fsp3) is 0.300. The Labute approximate surface area is 152 Å². The van der Waals surface area contributed by atoms with E-state index in [-0.39, 0.29) is 18.7 Å². The fourth-order valence-electron chi connectivity index (χ4n) is 2.58. The van der Waals surface area contributed by atoms with Crippen LogP contribution in [0.1, 0.15) is 22.8 Å². The van der Waals surface area contributed by atoms with E-state index in [2.05, 4.69) is 0 Å². The van der Waals surface area contributed by atoms with Crippen LogP contribution in [-0.2, 0) is 16.1 Å². The van der Waals surface area contributed by atoms with Crippen molar-refractivity contribution in [1.29, 1.82) is 0 Å². The van der Waals surface area contributed by atoms with E-state index in [4.69, 9.17) is 9.47 Å². The minimum Gasteiger partial charge on any atom is -0.497 e. The number of methoxy groups -OCH3 is 2. The molecule has 0 aliphatic heterocycles. The van der Waals surface area contributed by atoms with Gasteiger partial charge in [0, 0.05) is 13.1 Å². The molecule has 0 N–H and O–H groups in total. The summed E-state index contributed by atoms with van der Waals surface area (Å²) < 4.78 is 23.9. The van der Waals surface area contributed by atoms with E-state index in [1.807, 2.05) is 12.1 Å². The zero-order valence-electron chi connectivity index (χ0n) is 15.1. The number of carbonyl (C=O) groups excluding carboxylic acids is 2. The summed E-state index contributed by atoms with van der Waals surface area (Å²) in [5.41, 5.74) is 0.811. The lowest BCUT2D eigenvalue weighted by Gasteiger charge is -2.25. The van der Waals surface area contributed by atoms with Gasteiger partial charge in [-0.05, 0) is 29.8 Å². The van der Waals surface area contributed by atoms with Gasteiger partial charge >= 0.3 is 5.97 Å². The van der Waals surface area contributed by atoms with Crippen molar-refractivity contribution in [2.24, 2.45) is 5.92 Å². The summed E-state index contributed by atoms with van der Waals surface area (Å²) in [6.07, 6.45) is 0. The third kappa shape index (κ3) is 4.81. The van der Waals surface area contributed by atoms with Crippen molar-refractivity contribution in [3.63, 3.8) is 0 Å². The number of benzene rings is 2. The molecular formula is C20H22FNO4. The number of esters is 1. The van der Waals surface area contributed by atoms with Crippen LogP contribution in [0.5, 0.6) is 5.75 Å². The Morgan fingerprint density at radius 2 is 1.73 bits per heavy atom. The van der Waals surface area contributed by atoms with Crippen LogP contribution in [0, 0.1) is 11.7 Å². The van der Waals surface area contributed by atoms with E-state index < -0.39 is 23.6 Å². The predicted molar refractivity (Wildman–Crippen MR) is 95.3 cm³/mol. The normalized spacial score (nSPS) is 11.5. The van der Waals surface area contributed by atoms with Crippen LogP contribution in [0.4, 0.5) is 4.39 Å². The molecule has 0 fully saturated rings. The highest BCUT2D eigenvalue weighted by molar-refractivity contribution is 5.94. The summed E-state index contributed by atoms with van der Waals surface area (Å²) in [4.78, 5) is 26.1. The smallest absolute Gasteiger partial charge is 0.310 e. The maximum Gasteiger partial charge on any atom is 0.310 e. The van der Waals surface area contributed by atoms with Gasteiger partial charge in [-0.15, -0.1) is 0 Å². The Kier molecular flexibility index (Phi) is 6.72. The van der Waals surface area contributed by atoms with Crippen molar-refractivity contribution >= 4 is 11.9 Å². The van der Waals surface area contributed by atoms with Crippen LogP contribution in [0.3, 0.4) is 0 Å². The van der Waals surface area contributed by atoms with E-state index in [0.29, 0.717) is 5.75 Å². The van der Waals surface area contributed by atoms with Gasteiger partial charge in [0.15, 0.2) is 0 Å². The molecule has 0 radical (unpaired) electrons. The Balaban J connectivity index is 2.26. The van der Waals surface area contributed by atoms with E-state index in [9.17, 15) is 14.0 Å². The van der Waals surface area contributed by atoms with Gasteiger partial charge in [0.25, 0.3) is 5.91 Å². The minimum absolute atomic E-state index is 0.0296. The van der Waals surface area contributed by atoms with Crippen molar-refractivity contribution < 1.29 is 23.5 Å². The molecule has 1 unspecified atom stereocenters. The number of ether oxygens (including phenoxy) is 2. The third-order valence-electron chi connectivity index (χ3n) is 4.02. The number of hydrogen-bond donors (Lipinski definition) is 0. The SMILES string of the molecule is COC(=O)C(C)CN(Cc1ccc(OC)cc1)C(=O)c1ccccc1F. The van der Waals surface area contributed by atoms with E-state index >= 15 is 0 Å². The Morgan fingerprint density at radius 1 is 1.08 bits per heavy atom. The molecule has 0 saturated heterocycles. The first-order chi connectivity index (χ1) is 12.5. The predicted octanol–water partition coefficient (Wildman–Crippen LogP) is 3.29. The first kappa shape index (κ1) is 19.4. The molecule has 0 saturated carbocycles. The standard InChI is InChI=1S/C20H22FNO4/c1-14(20(24)26-3)12-22(13-15-8-10-16(25-2)11-9-15)19(23)17-6-4-5-7-18(17)21/h4-11,14H,12-13H2,1-3H3. The molecule has 1 amide bonds. The van der Waals surface area contributed by atoms with Crippen molar-refractivity contribution in [2.45, 2.75) is 13.5 Å². The number of carbonyl (C=O) groups is 2. The molecule has 5 nitrogen and oxygen atoms in total. The van der Waals surface area contributed by atoms with Crippen LogP contribution in [-0.4, -0.2) is 37.5 Å². The summed E-state index contributed by atoms with van der Waals surface area (Å²) in [6.45, 7) is 2.02. The van der Waals surface area contributed by atoms with E-state index in [0.717, 1.165) is 5.56 Å². The van der Waals surface area contributed by atoms with Crippen molar-refractivity contribution in [1.82, 2.24) is 4.90 Å². The molecule has 0 aliphatic rings. The zero-order chi connectivity index (χ0) is 19.1. The highest BCUT2D eigenvalue weighted by Crippen LogP contribution is 2.17. The van der Waals surface area contributed by atoms with Crippen molar-refractivity contribution in [3.8, 4) is 5.75 Å². The molecule has 0 spiro atoms. The van der Waals surface area contributed by atoms with Crippen LogP contribution in [0.15, 0.2) is 48.5 Å². The molecule has 2 aromatic rings. The number of halogens is 1. The summed E-state index contributed by atoms with van der Waals surface area (Å²) in [5.74, 6) is -1.33. The van der Waals surface area contributed by atoms with Gasteiger partial charge in [0.05, 0.1) is 25.7 Å². The summed E-state index contributed by atoms with van der Waals surface area (Å²) in [6, 6.07) is 13.0. The van der Waals surface area contributed by atoms with Gasteiger partial charge in [-0.3, -0.25) is 9.59 Å². The lowest BCUT2D eigenvalue weighted by atomic mass is 10.1. The summed E-state index contributed by atoms with van der Waals surface area (Å²) >= 11 is 0. The molecule has 0 heterocycles. The highest BCUT2D eigenvalue weighted by Gasteiger charge is 2.24. The maximum atomic E-state index is 14.0. The maximum absolute atomic E-state index is 14.0. The number of amides is 1. The summed E-state index contributed by atoms with van der Waals surface area (Å²) in [7, 11) is 2.87. The quantitative estimate of drug-likeness (QED) is 0.712. The zero-order valence-corrected chi connectivity index (χ0v) is 15.1. The molecule has 0 bridgehead atoms. The molecule has 1 atom stereocenters. The number of hydrogen-bond acceptors (Lipinski definition) is 4. The Bertz CT molecular complexity index is 761. The van der Waals surface area contributed by atoms with E-state index in [1.54, 1.807) is 32.2 Å². The topological polar surface area (TPSA) is 55.8 Å². The number of rotatable bonds is 7. The second-order valence-electron chi connectivity index (χ2n) is 5.94. The Morgan fingerprint density at radius 3 is 2.31 bits per heavy atom. The van der Waals surface area contributed by atoms with E-state index in [1.165, 1.54) is 30.2 Å². The van der Waals surface area contributed by atoms with Crippen molar-refractivity contribution in [2.75, 3.05) is 20.8 Å². The molecular weight excluding hydrogens is 337 g/mol. The monoisotopic (exact) mass is 359 g/mol. The molecule has 2 aromatic carbocycles. The molecule has 0 aromatic heterocycles. The molecule has 6 heteroatoms. The van der Waals surface area contributed by atoms with Gasteiger partial charge in [-0.1, -0.05) is 31.2 Å². The van der Waals surface area contributed by atoms with Gasteiger partial charge in [0.1, 0.15) is 11.6 Å². The average Bonchev–Trinajstić information content (AvgIpc) is 2.67. The lowest BCUT2D eigenvalue weighted by molar-refractivity contribution is -0.145. The molecule has 138 valence electrons. The first-order valence-electron chi connectivity index (χ1n) is 8.20. The second-order valence-corrected chi connectivity index (χ2v) is 5.94. The molecule has 2 rings (SSSR count). The van der Waals surface area contributed by atoms with Gasteiger partial charge < -0.3 is 14.4 Å².